The van der Waals surface area contributed by atoms with E-state index in [-0.39, 0.29) is 17.7 Å². The van der Waals surface area contributed by atoms with Crippen LogP contribution in [0.4, 0.5) is 21.7 Å². The zero-order valence-electron chi connectivity index (χ0n) is 12.3. The summed E-state index contributed by atoms with van der Waals surface area (Å²) in [4.78, 5) is 20.2. The van der Waals surface area contributed by atoms with Gasteiger partial charge in [-0.3, -0.25) is 4.79 Å². The molecule has 0 aliphatic heterocycles. The molecular weight excluding hydrogens is 331 g/mol. The van der Waals surface area contributed by atoms with Crippen molar-refractivity contribution in [1.82, 2.24) is 9.97 Å². The fourth-order valence-electron chi connectivity index (χ4n) is 1.94. The van der Waals surface area contributed by atoms with Crippen LogP contribution >= 0.6 is 11.6 Å². The van der Waals surface area contributed by atoms with Crippen molar-refractivity contribution in [3.63, 3.8) is 0 Å². The van der Waals surface area contributed by atoms with Gasteiger partial charge in [-0.15, -0.1) is 0 Å². The van der Waals surface area contributed by atoms with E-state index in [4.69, 9.17) is 11.6 Å². The van der Waals surface area contributed by atoms with Gasteiger partial charge in [0.25, 0.3) is 5.91 Å². The summed E-state index contributed by atoms with van der Waals surface area (Å²) in [5.41, 5.74) is 1.44. The highest BCUT2D eigenvalue weighted by atomic mass is 35.5. The van der Waals surface area contributed by atoms with Crippen molar-refractivity contribution in [1.29, 1.82) is 0 Å². The number of carbonyl (C=O) groups excluding carboxylic acids is 1. The zero-order chi connectivity index (χ0) is 16.9. The second-order valence-electron chi connectivity index (χ2n) is 4.89. The number of hydrogen-bond acceptors (Lipinski definition) is 4. The number of benzene rings is 2. The van der Waals surface area contributed by atoms with E-state index in [9.17, 15) is 9.18 Å². The van der Waals surface area contributed by atoms with Gasteiger partial charge in [0.2, 0.25) is 5.95 Å². The minimum absolute atomic E-state index is 0.267. The molecule has 1 amide bonds. The Kier molecular flexibility index (Phi) is 4.67. The van der Waals surface area contributed by atoms with E-state index in [1.54, 1.807) is 36.4 Å². The molecular formula is C17H12ClFN4O. The lowest BCUT2D eigenvalue weighted by molar-refractivity contribution is 0.102. The predicted octanol–water partition coefficient (Wildman–Crippen LogP) is 4.27. The molecule has 120 valence electrons. The summed E-state index contributed by atoms with van der Waals surface area (Å²) in [5, 5.41) is 6.16. The molecule has 0 atom stereocenters. The lowest BCUT2D eigenvalue weighted by Crippen LogP contribution is -2.13. The number of amides is 1. The maximum Gasteiger partial charge on any atom is 0.258 e. The molecule has 0 aliphatic rings. The van der Waals surface area contributed by atoms with Crippen molar-refractivity contribution in [2.45, 2.75) is 0 Å². The van der Waals surface area contributed by atoms with Gasteiger partial charge in [-0.05, 0) is 42.5 Å². The lowest BCUT2D eigenvalue weighted by Gasteiger charge is -2.07. The van der Waals surface area contributed by atoms with Gasteiger partial charge in [-0.1, -0.05) is 17.7 Å². The highest BCUT2D eigenvalue weighted by Crippen LogP contribution is 2.16. The van der Waals surface area contributed by atoms with Crippen molar-refractivity contribution in [3.8, 4) is 0 Å². The second-order valence-corrected chi connectivity index (χ2v) is 5.33. The standard InChI is InChI=1S/C17H12ClFN4O/c18-12-4-6-14(7-5-12)22-16(24)11-9-20-17(21-10-11)23-15-3-1-2-13(19)8-15/h1-10H,(H,22,24)(H,20,21,23). The van der Waals surface area contributed by atoms with Crippen molar-refractivity contribution >= 4 is 34.8 Å². The van der Waals surface area contributed by atoms with Crippen LogP contribution in [0.1, 0.15) is 10.4 Å². The van der Waals surface area contributed by atoms with E-state index in [2.05, 4.69) is 20.6 Å². The molecule has 1 aromatic heterocycles. The van der Waals surface area contributed by atoms with Crippen molar-refractivity contribution in [2.75, 3.05) is 10.6 Å². The Balaban J connectivity index is 1.67. The normalized spacial score (nSPS) is 10.2. The summed E-state index contributed by atoms with van der Waals surface area (Å²) < 4.78 is 13.1. The third-order valence-corrected chi connectivity index (χ3v) is 3.35. The summed E-state index contributed by atoms with van der Waals surface area (Å²) >= 11 is 5.80. The maximum atomic E-state index is 13.1. The molecule has 2 N–H and O–H groups in total. The Hall–Kier alpha value is -2.99. The summed E-state index contributed by atoms with van der Waals surface area (Å²) in [5.74, 6) is -0.433. The van der Waals surface area contributed by atoms with E-state index in [0.29, 0.717) is 22.0 Å². The van der Waals surface area contributed by atoms with Crippen LogP contribution in [-0.2, 0) is 0 Å². The first-order valence-electron chi connectivity index (χ1n) is 7.02. The third kappa shape index (κ3) is 4.05. The van der Waals surface area contributed by atoms with Crippen molar-refractivity contribution in [3.05, 3.63) is 77.3 Å². The number of nitrogens with zero attached hydrogens (tertiary/aromatic N) is 2. The largest absolute Gasteiger partial charge is 0.324 e. The highest BCUT2D eigenvalue weighted by Gasteiger charge is 2.08. The van der Waals surface area contributed by atoms with Crippen LogP contribution in [0.2, 0.25) is 5.02 Å². The molecule has 0 spiro atoms. The Morgan fingerprint density at radius 3 is 2.38 bits per heavy atom. The van der Waals surface area contributed by atoms with Gasteiger partial charge in [0.1, 0.15) is 5.82 Å². The molecule has 2 aromatic carbocycles. The van der Waals surface area contributed by atoms with E-state index in [0.717, 1.165) is 0 Å². The van der Waals surface area contributed by atoms with Crippen LogP contribution in [0.5, 0.6) is 0 Å². The summed E-state index contributed by atoms with van der Waals surface area (Å²) in [6.07, 6.45) is 2.78. The molecule has 0 radical (unpaired) electrons. The molecule has 3 rings (SSSR count). The molecule has 5 nitrogen and oxygen atoms in total. The smallest absolute Gasteiger partial charge is 0.258 e. The first-order valence-corrected chi connectivity index (χ1v) is 7.39. The number of anilines is 3. The number of rotatable bonds is 4. The first-order chi connectivity index (χ1) is 11.6. The van der Waals surface area contributed by atoms with Gasteiger partial charge in [0.05, 0.1) is 5.56 Å². The topological polar surface area (TPSA) is 66.9 Å². The van der Waals surface area contributed by atoms with Gasteiger partial charge in [-0.2, -0.15) is 0 Å². The number of halogens is 2. The van der Waals surface area contributed by atoms with Gasteiger partial charge in [-0.25, -0.2) is 14.4 Å². The molecule has 0 saturated heterocycles. The Labute approximate surface area is 142 Å². The van der Waals surface area contributed by atoms with Gasteiger partial charge in [0.15, 0.2) is 0 Å². The second kappa shape index (κ2) is 7.06. The lowest BCUT2D eigenvalue weighted by atomic mass is 10.3. The van der Waals surface area contributed by atoms with E-state index < -0.39 is 0 Å². The monoisotopic (exact) mass is 342 g/mol. The van der Waals surface area contributed by atoms with Crippen molar-refractivity contribution < 1.29 is 9.18 Å². The number of nitrogens with one attached hydrogen (secondary N) is 2. The van der Waals surface area contributed by atoms with Crippen LogP contribution in [0, 0.1) is 5.82 Å². The first kappa shape index (κ1) is 15.9. The van der Waals surface area contributed by atoms with Crippen LogP contribution in [0.15, 0.2) is 60.9 Å². The zero-order valence-corrected chi connectivity index (χ0v) is 13.1. The maximum absolute atomic E-state index is 13.1. The summed E-state index contributed by atoms with van der Waals surface area (Å²) in [7, 11) is 0. The minimum atomic E-state index is -0.362. The van der Waals surface area contributed by atoms with E-state index in [1.165, 1.54) is 24.5 Å². The number of carbonyl (C=O) groups is 1. The Morgan fingerprint density at radius 2 is 1.71 bits per heavy atom. The summed E-state index contributed by atoms with van der Waals surface area (Å²) in [6, 6.07) is 12.7. The van der Waals surface area contributed by atoms with Gasteiger partial charge < -0.3 is 10.6 Å². The molecule has 24 heavy (non-hydrogen) atoms. The third-order valence-electron chi connectivity index (χ3n) is 3.10. The Morgan fingerprint density at radius 1 is 1.00 bits per heavy atom. The summed E-state index contributed by atoms with van der Waals surface area (Å²) in [6.45, 7) is 0. The quantitative estimate of drug-likeness (QED) is 0.743. The average Bonchev–Trinajstić information content (AvgIpc) is 2.57. The highest BCUT2D eigenvalue weighted by molar-refractivity contribution is 6.30. The molecule has 1 heterocycles. The van der Waals surface area contributed by atoms with Crippen LogP contribution in [0.25, 0.3) is 0 Å². The molecule has 0 aliphatic carbocycles. The van der Waals surface area contributed by atoms with Gasteiger partial charge >= 0.3 is 0 Å². The predicted molar refractivity (Wildman–Crippen MR) is 91.1 cm³/mol. The molecule has 0 unspecified atom stereocenters. The average molecular weight is 343 g/mol. The molecule has 0 fully saturated rings. The number of aromatic nitrogens is 2. The van der Waals surface area contributed by atoms with Gasteiger partial charge in [0, 0.05) is 28.8 Å². The van der Waals surface area contributed by atoms with E-state index >= 15 is 0 Å². The van der Waals surface area contributed by atoms with Crippen LogP contribution < -0.4 is 10.6 Å². The molecule has 0 bridgehead atoms. The fourth-order valence-corrected chi connectivity index (χ4v) is 2.07. The van der Waals surface area contributed by atoms with Crippen LogP contribution in [0.3, 0.4) is 0 Å². The number of hydrogen-bond donors (Lipinski definition) is 2. The Bertz CT molecular complexity index is 853. The molecule has 7 heteroatoms. The fraction of sp³-hybridized carbons (Fsp3) is 0. The van der Waals surface area contributed by atoms with Crippen molar-refractivity contribution in [2.24, 2.45) is 0 Å². The molecule has 0 saturated carbocycles. The molecule has 3 aromatic rings. The van der Waals surface area contributed by atoms with Crippen LogP contribution in [-0.4, -0.2) is 15.9 Å². The van der Waals surface area contributed by atoms with E-state index in [1.807, 2.05) is 0 Å². The minimum Gasteiger partial charge on any atom is -0.324 e. The SMILES string of the molecule is O=C(Nc1ccc(Cl)cc1)c1cnc(Nc2cccc(F)c2)nc1.